The molecular formula is C27H37N3O3S. The van der Waals surface area contributed by atoms with Crippen molar-refractivity contribution in [3.8, 4) is 5.75 Å². The molecule has 3 rings (SSSR count). The molecule has 6 nitrogen and oxygen atoms in total. The summed E-state index contributed by atoms with van der Waals surface area (Å²) in [6.45, 7) is 15.1. The maximum atomic E-state index is 13.4. The Morgan fingerprint density at radius 3 is 2.59 bits per heavy atom. The number of benzene rings is 1. The molecule has 7 heteroatoms. The zero-order valence-electron chi connectivity index (χ0n) is 21.0. The number of carbonyl (C=O) groups excluding carboxylic acids is 2. The first-order valence-electron chi connectivity index (χ1n) is 11.9. The highest BCUT2D eigenvalue weighted by molar-refractivity contribution is 7.10. The van der Waals surface area contributed by atoms with Gasteiger partial charge in [-0.2, -0.15) is 0 Å². The Balaban J connectivity index is 1.74. The van der Waals surface area contributed by atoms with E-state index in [0.29, 0.717) is 25.6 Å². The van der Waals surface area contributed by atoms with Gasteiger partial charge in [-0.3, -0.25) is 4.79 Å². The molecule has 34 heavy (non-hydrogen) atoms. The number of hydrogen-bond acceptors (Lipinski definition) is 4. The Hall–Kier alpha value is -2.80. The van der Waals surface area contributed by atoms with Crippen LogP contribution in [0.4, 0.5) is 4.79 Å². The maximum absolute atomic E-state index is 13.4. The quantitative estimate of drug-likeness (QED) is 0.513. The Morgan fingerprint density at radius 1 is 1.26 bits per heavy atom. The summed E-state index contributed by atoms with van der Waals surface area (Å²) in [5.41, 5.74) is 2.01. The van der Waals surface area contributed by atoms with Gasteiger partial charge in [-0.15, -0.1) is 17.9 Å². The lowest BCUT2D eigenvalue weighted by Gasteiger charge is -2.37. The van der Waals surface area contributed by atoms with Crippen molar-refractivity contribution in [1.29, 1.82) is 0 Å². The maximum Gasteiger partial charge on any atom is 0.318 e. The molecule has 0 aliphatic carbocycles. The third-order valence-corrected chi connectivity index (χ3v) is 6.81. The molecule has 1 aromatic heterocycles. The predicted molar refractivity (Wildman–Crippen MR) is 139 cm³/mol. The zero-order chi connectivity index (χ0) is 24.9. The minimum atomic E-state index is -0.391. The van der Waals surface area contributed by atoms with Crippen molar-refractivity contribution in [1.82, 2.24) is 15.1 Å². The molecule has 1 aliphatic rings. The SMILES string of the molecule is C=CCN(CC(=O)N1CCc2sccc2[C@@H]1COc1ccc(C(C)C)cc1)C(=O)NC(C)(C)C. The van der Waals surface area contributed by atoms with Crippen molar-refractivity contribution in [3.05, 3.63) is 64.4 Å². The van der Waals surface area contributed by atoms with Crippen LogP contribution in [0.2, 0.25) is 0 Å². The van der Waals surface area contributed by atoms with E-state index in [0.717, 1.165) is 17.7 Å². The van der Waals surface area contributed by atoms with Gasteiger partial charge in [0.15, 0.2) is 0 Å². The van der Waals surface area contributed by atoms with E-state index in [1.54, 1.807) is 17.4 Å². The molecule has 0 saturated heterocycles. The van der Waals surface area contributed by atoms with Crippen molar-refractivity contribution < 1.29 is 14.3 Å². The monoisotopic (exact) mass is 483 g/mol. The highest BCUT2D eigenvalue weighted by Gasteiger charge is 2.33. The van der Waals surface area contributed by atoms with Crippen molar-refractivity contribution in [3.63, 3.8) is 0 Å². The largest absolute Gasteiger partial charge is 0.491 e. The molecule has 2 heterocycles. The molecule has 0 bridgehead atoms. The van der Waals surface area contributed by atoms with Crippen LogP contribution in [-0.4, -0.2) is 53.5 Å². The Morgan fingerprint density at radius 2 is 1.97 bits per heavy atom. The van der Waals surface area contributed by atoms with E-state index in [4.69, 9.17) is 4.74 Å². The van der Waals surface area contributed by atoms with Gasteiger partial charge in [-0.05, 0) is 67.8 Å². The molecule has 1 atom stereocenters. The summed E-state index contributed by atoms with van der Waals surface area (Å²) in [5.74, 6) is 1.16. The lowest BCUT2D eigenvalue weighted by Crippen LogP contribution is -2.53. The van der Waals surface area contributed by atoms with Gasteiger partial charge in [0, 0.05) is 23.5 Å². The van der Waals surface area contributed by atoms with Crippen LogP contribution in [0.3, 0.4) is 0 Å². The highest BCUT2D eigenvalue weighted by atomic mass is 32.1. The molecule has 184 valence electrons. The molecule has 0 saturated carbocycles. The molecule has 2 aromatic rings. The summed E-state index contributed by atoms with van der Waals surface area (Å²) in [4.78, 5) is 30.9. The van der Waals surface area contributed by atoms with Gasteiger partial charge in [0.1, 0.15) is 18.9 Å². The van der Waals surface area contributed by atoms with Gasteiger partial charge in [-0.1, -0.05) is 32.1 Å². The van der Waals surface area contributed by atoms with Gasteiger partial charge in [0.05, 0.1) is 6.04 Å². The first-order chi connectivity index (χ1) is 16.1. The Labute approximate surface area is 207 Å². The summed E-state index contributed by atoms with van der Waals surface area (Å²) in [7, 11) is 0. The lowest BCUT2D eigenvalue weighted by molar-refractivity contribution is -0.135. The summed E-state index contributed by atoms with van der Waals surface area (Å²) >= 11 is 1.72. The minimum absolute atomic E-state index is 0.00696. The minimum Gasteiger partial charge on any atom is -0.491 e. The van der Waals surface area contributed by atoms with Gasteiger partial charge in [0.25, 0.3) is 0 Å². The van der Waals surface area contributed by atoms with Crippen LogP contribution in [0.25, 0.3) is 0 Å². The smallest absolute Gasteiger partial charge is 0.318 e. The van der Waals surface area contributed by atoms with E-state index in [1.165, 1.54) is 15.3 Å². The second-order valence-corrected chi connectivity index (χ2v) is 11.0. The molecule has 1 N–H and O–H groups in total. The topological polar surface area (TPSA) is 61.9 Å². The second-order valence-electron chi connectivity index (χ2n) is 10.0. The lowest BCUT2D eigenvalue weighted by atomic mass is 10.00. The number of nitrogens with zero attached hydrogens (tertiary/aromatic N) is 2. The van der Waals surface area contributed by atoms with Crippen LogP contribution in [0.1, 0.15) is 62.6 Å². The van der Waals surface area contributed by atoms with E-state index in [-0.39, 0.29) is 24.5 Å². The number of hydrogen-bond donors (Lipinski definition) is 1. The van der Waals surface area contributed by atoms with E-state index < -0.39 is 5.54 Å². The van der Waals surface area contributed by atoms with Crippen molar-refractivity contribution in [2.75, 3.05) is 26.2 Å². The van der Waals surface area contributed by atoms with Crippen LogP contribution in [0, 0.1) is 0 Å². The van der Waals surface area contributed by atoms with Crippen molar-refractivity contribution in [2.45, 2.75) is 58.5 Å². The van der Waals surface area contributed by atoms with Crippen LogP contribution in [0.5, 0.6) is 5.75 Å². The predicted octanol–water partition coefficient (Wildman–Crippen LogP) is 5.37. The summed E-state index contributed by atoms with van der Waals surface area (Å²) in [6.07, 6.45) is 2.46. The Kier molecular flexibility index (Phi) is 8.42. The van der Waals surface area contributed by atoms with E-state index in [2.05, 4.69) is 49.3 Å². The fourth-order valence-corrected chi connectivity index (χ4v) is 4.96. The molecule has 0 radical (unpaired) electrons. The fourth-order valence-electron chi connectivity index (χ4n) is 4.03. The third kappa shape index (κ3) is 6.63. The van der Waals surface area contributed by atoms with E-state index in [1.807, 2.05) is 37.8 Å². The number of ether oxygens (including phenoxy) is 1. The zero-order valence-corrected chi connectivity index (χ0v) is 21.8. The van der Waals surface area contributed by atoms with Gasteiger partial charge < -0.3 is 19.9 Å². The van der Waals surface area contributed by atoms with Crippen molar-refractivity contribution in [2.24, 2.45) is 0 Å². The van der Waals surface area contributed by atoms with E-state index in [9.17, 15) is 9.59 Å². The molecule has 0 unspecified atom stereocenters. The second kappa shape index (κ2) is 11.1. The van der Waals surface area contributed by atoms with Crippen LogP contribution < -0.4 is 10.1 Å². The average molecular weight is 484 g/mol. The molecule has 0 spiro atoms. The van der Waals surface area contributed by atoms with Crippen molar-refractivity contribution >= 4 is 23.3 Å². The number of nitrogens with one attached hydrogen (secondary N) is 1. The van der Waals surface area contributed by atoms with Gasteiger partial charge in [-0.25, -0.2) is 4.79 Å². The number of urea groups is 1. The first-order valence-corrected chi connectivity index (χ1v) is 12.7. The summed E-state index contributed by atoms with van der Waals surface area (Å²) < 4.78 is 6.15. The van der Waals surface area contributed by atoms with Crippen LogP contribution in [0.15, 0.2) is 48.4 Å². The Bertz CT molecular complexity index is 991. The van der Waals surface area contributed by atoms with Gasteiger partial charge >= 0.3 is 6.03 Å². The van der Waals surface area contributed by atoms with Crippen LogP contribution in [-0.2, 0) is 11.2 Å². The summed E-state index contributed by atoms with van der Waals surface area (Å²) in [6, 6.07) is 9.77. The normalized spacial score (nSPS) is 15.6. The summed E-state index contributed by atoms with van der Waals surface area (Å²) in [5, 5.41) is 5.01. The molecular weight excluding hydrogens is 446 g/mol. The molecule has 3 amide bonds. The van der Waals surface area contributed by atoms with Gasteiger partial charge in [0.2, 0.25) is 5.91 Å². The number of rotatable bonds is 8. The molecule has 1 aromatic carbocycles. The number of thiophene rings is 1. The number of amides is 3. The number of carbonyl (C=O) groups is 2. The molecule has 0 fully saturated rings. The third-order valence-electron chi connectivity index (χ3n) is 5.81. The highest BCUT2D eigenvalue weighted by Crippen LogP contribution is 2.34. The standard InChI is InChI=1S/C27H37N3O3S/c1-7-14-29(26(32)28-27(4,5)6)17-25(31)30-15-12-24-22(13-16-34-24)23(30)18-33-21-10-8-20(9-11-21)19(2)3/h7-11,13,16,19,23H,1,12,14-15,17-18H2,2-6H3,(H,28,32)/t23-/m0/s1. The first kappa shape index (κ1) is 25.8. The average Bonchev–Trinajstić information content (AvgIpc) is 3.25. The van der Waals surface area contributed by atoms with Crippen LogP contribution >= 0.6 is 11.3 Å². The fraction of sp³-hybridized carbons (Fsp3) is 0.481. The molecule has 1 aliphatic heterocycles. The van der Waals surface area contributed by atoms with E-state index >= 15 is 0 Å². The number of fused-ring (bicyclic) bond motifs is 1.